The Kier molecular flexibility index (Phi) is 4.43. The molecule has 0 aromatic carbocycles. The predicted molar refractivity (Wildman–Crippen MR) is 67.8 cm³/mol. The molecule has 0 radical (unpaired) electrons. The summed E-state index contributed by atoms with van der Waals surface area (Å²) in [7, 11) is 0. The molecule has 112 valence electrons. The number of urea groups is 1. The Morgan fingerprint density at radius 2 is 2.05 bits per heavy atom. The van der Waals surface area contributed by atoms with Crippen molar-refractivity contribution >= 4 is 17.9 Å². The summed E-state index contributed by atoms with van der Waals surface area (Å²) in [5.41, 5.74) is 5.26. The first-order valence-corrected chi connectivity index (χ1v) is 6.63. The second kappa shape index (κ2) is 6.08. The second-order valence-electron chi connectivity index (χ2n) is 5.19. The van der Waals surface area contributed by atoms with Crippen LogP contribution in [0, 0.1) is 5.92 Å². The molecule has 1 heterocycles. The number of nitrogens with two attached hydrogens (primary N) is 1. The predicted octanol–water partition coefficient (Wildman–Crippen LogP) is -0.911. The lowest BCUT2D eigenvalue weighted by Gasteiger charge is -2.36. The summed E-state index contributed by atoms with van der Waals surface area (Å²) in [4.78, 5) is 37.3. The monoisotopic (exact) mass is 285 g/mol. The molecule has 20 heavy (non-hydrogen) atoms. The van der Waals surface area contributed by atoms with Gasteiger partial charge in [-0.05, 0) is 18.8 Å². The number of carbonyl (C=O) groups is 3. The van der Waals surface area contributed by atoms with E-state index in [1.165, 1.54) is 9.80 Å². The van der Waals surface area contributed by atoms with Crippen LogP contribution in [0.3, 0.4) is 0 Å². The van der Waals surface area contributed by atoms with Gasteiger partial charge >= 0.3 is 12.0 Å². The first-order chi connectivity index (χ1) is 9.49. The molecule has 1 unspecified atom stereocenters. The van der Waals surface area contributed by atoms with Gasteiger partial charge in [0.1, 0.15) is 12.6 Å². The SMILES string of the molecule is NC(=O)C1COCCN1C(=O)N(CC(=O)O)CC1CC1. The van der Waals surface area contributed by atoms with Crippen molar-refractivity contribution < 1.29 is 24.2 Å². The Balaban J connectivity index is 2.06. The van der Waals surface area contributed by atoms with E-state index < -0.39 is 23.9 Å². The van der Waals surface area contributed by atoms with Crippen molar-refractivity contribution in [3.63, 3.8) is 0 Å². The van der Waals surface area contributed by atoms with Gasteiger partial charge in [-0.3, -0.25) is 9.59 Å². The third-order valence-electron chi connectivity index (χ3n) is 3.47. The number of hydrogen-bond donors (Lipinski definition) is 2. The van der Waals surface area contributed by atoms with Gasteiger partial charge in [-0.25, -0.2) is 4.79 Å². The van der Waals surface area contributed by atoms with E-state index in [9.17, 15) is 14.4 Å². The molecular weight excluding hydrogens is 266 g/mol. The van der Waals surface area contributed by atoms with Crippen LogP contribution in [0.5, 0.6) is 0 Å². The Hall–Kier alpha value is -1.83. The standard InChI is InChI=1S/C12H19N3O5/c13-11(18)9-7-20-4-3-15(9)12(19)14(6-10(16)17)5-8-1-2-8/h8-9H,1-7H2,(H2,13,18)(H,16,17). The summed E-state index contributed by atoms with van der Waals surface area (Å²) < 4.78 is 5.15. The van der Waals surface area contributed by atoms with Crippen LogP contribution >= 0.6 is 0 Å². The van der Waals surface area contributed by atoms with Crippen LogP contribution in [-0.4, -0.2) is 71.7 Å². The third kappa shape index (κ3) is 3.60. The van der Waals surface area contributed by atoms with Crippen LogP contribution in [0.1, 0.15) is 12.8 Å². The number of aliphatic carboxylic acids is 1. The average molecular weight is 285 g/mol. The fourth-order valence-corrected chi connectivity index (χ4v) is 2.24. The smallest absolute Gasteiger partial charge is 0.323 e. The molecule has 1 saturated heterocycles. The van der Waals surface area contributed by atoms with Gasteiger partial charge in [0.15, 0.2) is 0 Å². The number of nitrogens with zero attached hydrogens (tertiary/aromatic N) is 2. The molecule has 1 aliphatic heterocycles. The van der Waals surface area contributed by atoms with Gasteiger partial charge in [0, 0.05) is 13.1 Å². The van der Waals surface area contributed by atoms with E-state index in [1.807, 2.05) is 0 Å². The molecule has 1 aliphatic carbocycles. The van der Waals surface area contributed by atoms with Crippen LogP contribution in [0.2, 0.25) is 0 Å². The Bertz CT molecular complexity index is 410. The van der Waals surface area contributed by atoms with Gasteiger partial charge < -0.3 is 25.4 Å². The quantitative estimate of drug-likeness (QED) is 0.679. The molecule has 0 bridgehead atoms. The number of rotatable bonds is 5. The summed E-state index contributed by atoms with van der Waals surface area (Å²) in [6.07, 6.45) is 2.01. The normalized spacial score (nSPS) is 22.4. The van der Waals surface area contributed by atoms with E-state index in [0.29, 0.717) is 19.1 Å². The molecule has 3 N–H and O–H groups in total. The third-order valence-corrected chi connectivity index (χ3v) is 3.47. The highest BCUT2D eigenvalue weighted by Gasteiger charge is 2.36. The Morgan fingerprint density at radius 1 is 1.35 bits per heavy atom. The lowest BCUT2D eigenvalue weighted by atomic mass is 10.2. The van der Waals surface area contributed by atoms with Crippen molar-refractivity contribution in [1.29, 1.82) is 0 Å². The molecule has 2 aliphatic rings. The largest absolute Gasteiger partial charge is 0.480 e. The maximum Gasteiger partial charge on any atom is 0.323 e. The zero-order valence-corrected chi connectivity index (χ0v) is 11.2. The molecular formula is C12H19N3O5. The number of primary amides is 1. The molecule has 0 aromatic rings. The molecule has 0 spiro atoms. The van der Waals surface area contributed by atoms with Crippen molar-refractivity contribution in [2.24, 2.45) is 11.7 Å². The Labute approximate surface area is 116 Å². The summed E-state index contributed by atoms with van der Waals surface area (Å²) in [6.45, 7) is 0.671. The first kappa shape index (κ1) is 14.6. The zero-order chi connectivity index (χ0) is 14.7. The maximum absolute atomic E-state index is 12.4. The number of morpholine rings is 1. The van der Waals surface area contributed by atoms with Gasteiger partial charge in [0.2, 0.25) is 5.91 Å². The van der Waals surface area contributed by atoms with Crippen LogP contribution < -0.4 is 5.73 Å². The van der Waals surface area contributed by atoms with Gasteiger partial charge in [0.25, 0.3) is 0 Å². The van der Waals surface area contributed by atoms with Crippen molar-refractivity contribution in [2.45, 2.75) is 18.9 Å². The van der Waals surface area contributed by atoms with E-state index in [-0.39, 0.29) is 19.7 Å². The summed E-state index contributed by atoms with van der Waals surface area (Å²) >= 11 is 0. The minimum Gasteiger partial charge on any atom is -0.480 e. The molecule has 1 atom stereocenters. The van der Waals surface area contributed by atoms with E-state index >= 15 is 0 Å². The van der Waals surface area contributed by atoms with Gasteiger partial charge in [0.05, 0.1) is 13.2 Å². The number of amides is 3. The topological polar surface area (TPSA) is 113 Å². The van der Waals surface area contributed by atoms with Crippen molar-refractivity contribution in [2.75, 3.05) is 32.8 Å². The average Bonchev–Trinajstić information content (AvgIpc) is 3.20. The number of ether oxygens (including phenoxy) is 1. The van der Waals surface area contributed by atoms with Crippen molar-refractivity contribution in [1.82, 2.24) is 9.80 Å². The summed E-state index contributed by atoms with van der Waals surface area (Å²) in [5.74, 6) is -1.34. The number of hydrogen-bond acceptors (Lipinski definition) is 4. The molecule has 8 heteroatoms. The van der Waals surface area contributed by atoms with E-state index in [1.54, 1.807) is 0 Å². The molecule has 0 aromatic heterocycles. The van der Waals surface area contributed by atoms with Gasteiger partial charge in [-0.1, -0.05) is 0 Å². The molecule has 2 rings (SSSR count). The molecule has 8 nitrogen and oxygen atoms in total. The number of carboxylic acid groups (broad SMARTS) is 1. The highest BCUT2D eigenvalue weighted by Crippen LogP contribution is 2.30. The highest BCUT2D eigenvalue weighted by molar-refractivity contribution is 5.87. The van der Waals surface area contributed by atoms with Gasteiger partial charge in [-0.15, -0.1) is 0 Å². The molecule has 2 fully saturated rings. The van der Waals surface area contributed by atoms with Gasteiger partial charge in [-0.2, -0.15) is 0 Å². The number of carbonyl (C=O) groups excluding carboxylic acids is 2. The Morgan fingerprint density at radius 3 is 2.60 bits per heavy atom. The fourth-order valence-electron chi connectivity index (χ4n) is 2.24. The lowest BCUT2D eigenvalue weighted by molar-refractivity contribution is -0.138. The molecule has 1 saturated carbocycles. The van der Waals surface area contributed by atoms with Crippen LogP contribution in [0.4, 0.5) is 4.79 Å². The van der Waals surface area contributed by atoms with Crippen LogP contribution in [0.15, 0.2) is 0 Å². The van der Waals surface area contributed by atoms with Crippen molar-refractivity contribution in [3.8, 4) is 0 Å². The lowest BCUT2D eigenvalue weighted by Crippen LogP contribution is -2.58. The van der Waals surface area contributed by atoms with Crippen molar-refractivity contribution in [3.05, 3.63) is 0 Å². The van der Waals surface area contributed by atoms with E-state index in [2.05, 4.69) is 0 Å². The number of carboxylic acids is 1. The molecule has 3 amide bonds. The highest BCUT2D eigenvalue weighted by atomic mass is 16.5. The summed E-state index contributed by atoms with van der Waals surface area (Å²) in [5, 5.41) is 8.91. The first-order valence-electron chi connectivity index (χ1n) is 6.63. The van der Waals surface area contributed by atoms with E-state index in [0.717, 1.165) is 12.8 Å². The minimum absolute atomic E-state index is 0.0609. The minimum atomic E-state index is -1.07. The fraction of sp³-hybridized carbons (Fsp3) is 0.750. The summed E-state index contributed by atoms with van der Waals surface area (Å²) in [6, 6.07) is -1.28. The van der Waals surface area contributed by atoms with E-state index in [4.69, 9.17) is 15.6 Å². The second-order valence-corrected chi connectivity index (χ2v) is 5.19. The van der Waals surface area contributed by atoms with Crippen LogP contribution in [-0.2, 0) is 14.3 Å². The zero-order valence-electron chi connectivity index (χ0n) is 11.2. The van der Waals surface area contributed by atoms with Crippen LogP contribution in [0.25, 0.3) is 0 Å². The maximum atomic E-state index is 12.4.